The molecule has 2 aromatic heterocycles. The van der Waals surface area contributed by atoms with E-state index in [1.807, 2.05) is 21.8 Å². The number of hydrogen-bond acceptors (Lipinski definition) is 8. The lowest BCUT2D eigenvalue weighted by atomic mass is 9.55. The van der Waals surface area contributed by atoms with E-state index in [1.54, 1.807) is 0 Å². The maximum Gasteiger partial charge on any atom is 0.134 e. The Balaban J connectivity index is 0.684. The van der Waals surface area contributed by atoms with Crippen molar-refractivity contribution in [3.63, 3.8) is 0 Å². The maximum atomic E-state index is 10.8. The van der Waals surface area contributed by atoms with Crippen LogP contribution in [0.4, 0.5) is 0 Å². The standard InChI is InChI=1S/C50H60N6O4/c1-49-21-19-41-39-13-9-37(23-31(39)7-11-43(41)45(49)15-17-47(49)57)59-29-35-27-55(53-51-35)25-33-5-3-4-6-34(33)26-56-28-36(52-54-56)30-60-38-10-14-40-32(24-38)8-12-44-42(40)20-22-50(2)46(44)16-18-48(50)58/h3-6,9-10,13-14,23-24,27-28,41-48,57-58H,7-8,11-12,15-22,25-26,29-30H2,1-2H3/t41-,42-,43-,44-,45+,46+,47+,48+,49+,50+/m1/s1. The molecular weight excluding hydrogens is 749 g/mol. The Morgan fingerprint density at radius 1 is 0.600 bits per heavy atom. The molecule has 10 atom stereocenters. The van der Waals surface area contributed by atoms with Crippen molar-refractivity contribution >= 4 is 0 Å². The quantitative estimate of drug-likeness (QED) is 0.144. The van der Waals surface area contributed by atoms with Crippen LogP contribution in [-0.4, -0.2) is 52.4 Å². The molecule has 0 aliphatic heterocycles. The van der Waals surface area contributed by atoms with E-state index in [4.69, 9.17) is 9.47 Å². The van der Waals surface area contributed by atoms with Gasteiger partial charge in [-0.2, -0.15) is 0 Å². The second-order valence-corrected chi connectivity index (χ2v) is 20.0. The first-order chi connectivity index (χ1) is 29.2. The fourth-order valence-corrected chi connectivity index (χ4v) is 13.7. The van der Waals surface area contributed by atoms with E-state index < -0.39 is 0 Å². The summed E-state index contributed by atoms with van der Waals surface area (Å²) in [5.41, 5.74) is 9.96. The van der Waals surface area contributed by atoms with E-state index in [1.165, 1.54) is 60.8 Å². The van der Waals surface area contributed by atoms with Gasteiger partial charge in [0.1, 0.15) is 36.1 Å². The van der Waals surface area contributed by atoms with Crippen LogP contribution in [0.15, 0.2) is 73.1 Å². The topological polar surface area (TPSA) is 120 Å². The van der Waals surface area contributed by atoms with Crippen LogP contribution < -0.4 is 9.47 Å². The third-order valence-corrected chi connectivity index (χ3v) is 17.0. The van der Waals surface area contributed by atoms with Crippen molar-refractivity contribution in [1.29, 1.82) is 0 Å². The first-order valence-electron chi connectivity index (χ1n) is 22.9. The number of nitrogens with zero attached hydrogens (tertiary/aromatic N) is 6. The number of ether oxygens (including phenoxy) is 2. The number of benzene rings is 3. The van der Waals surface area contributed by atoms with Crippen molar-refractivity contribution in [2.45, 2.75) is 141 Å². The van der Waals surface area contributed by atoms with Gasteiger partial charge in [0.05, 0.1) is 37.7 Å². The molecule has 314 valence electrons. The van der Waals surface area contributed by atoms with Gasteiger partial charge < -0.3 is 19.7 Å². The zero-order valence-corrected chi connectivity index (χ0v) is 35.3. The van der Waals surface area contributed by atoms with Crippen LogP contribution in [0.5, 0.6) is 11.5 Å². The lowest BCUT2D eigenvalue weighted by molar-refractivity contribution is -0.0226. The highest BCUT2D eigenvalue weighted by Crippen LogP contribution is 2.62. The average molecular weight is 809 g/mol. The van der Waals surface area contributed by atoms with Crippen LogP contribution in [0.3, 0.4) is 0 Å². The third kappa shape index (κ3) is 6.68. The van der Waals surface area contributed by atoms with E-state index >= 15 is 0 Å². The number of aromatic nitrogens is 6. The monoisotopic (exact) mass is 808 g/mol. The molecule has 4 saturated carbocycles. The summed E-state index contributed by atoms with van der Waals surface area (Å²) in [7, 11) is 0. The van der Waals surface area contributed by atoms with Gasteiger partial charge in [0.2, 0.25) is 0 Å². The molecule has 0 unspecified atom stereocenters. The van der Waals surface area contributed by atoms with E-state index in [-0.39, 0.29) is 23.0 Å². The van der Waals surface area contributed by atoms with Crippen molar-refractivity contribution in [3.8, 4) is 11.5 Å². The zero-order chi connectivity index (χ0) is 40.6. The summed E-state index contributed by atoms with van der Waals surface area (Å²) in [6, 6.07) is 21.8. The van der Waals surface area contributed by atoms with Gasteiger partial charge in [0.15, 0.2) is 0 Å². The van der Waals surface area contributed by atoms with Crippen molar-refractivity contribution in [2.75, 3.05) is 0 Å². The van der Waals surface area contributed by atoms with Crippen molar-refractivity contribution in [1.82, 2.24) is 30.0 Å². The lowest BCUT2D eigenvalue weighted by Crippen LogP contribution is -2.43. The summed E-state index contributed by atoms with van der Waals surface area (Å²) >= 11 is 0. The number of aryl methyl sites for hydroxylation is 2. The van der Waals surface area contributed by atoms with E-state index in [2.05, 4.69) is 95.1 Å². The zero-order valence-electron chi connectivity index (χ0n) is 35.3. The summed E-state index contributed by atoms with van der Waals surface area (Å²) in [5, 5.41) is 39.3. The smallest absolute Gasteiger partial charge is 0.134 e. The van der Waals surface area contributed by atoms with Crippen molar-refractivity contribution < 1.29 is 19.7 Å². The van der Waals surface area contributed by atoms with Gasteiger partial charge in [-0.05, 0) is 181 Å². The van der Waals surface area contributed by atoms with E-state index in [0.29, 0.717) is 61.8 Å². The summed E-state index contributed by atoms with van der Waals surface area (Å²) in [5.74, 6) is 5.65. The minimum Gasteiger partial charge on any atom is -0.487 e. The number of aliphatic hydroxyl groups is 2. The molecule has 10 heteroatoms. The maximum absolute atomic E-state index is 10.8. The molecule has 6 aliphatic rings. The number of hydrogen-bond donors (Lipinski definition) is 2. The Bertz CT molecular complexity index is 2210. The van der Waals surface area contributed by atoms with Crippen LogP contribution in [-0.2, 0) is 39.1 Å². The van der Waals surface area contributed by atoms with E-state index in [9.17, 15) is 10.2 Å². The highest BCUT2D eigenvalue weighted by Gasteiger charge is 2.55. The molecule has 6 aliphatic carbocycles. The molecule has 0 radical (unpaired) electrons. The Morgan fingerprint density at radius 2 is 1.07 bits per heavy atom. The average Bonchev–Trinajstić information content (AvgIpc) is 4.05. The second-order valence-electron chi connectivity index (χ2n) is 20.0. The minimum atomic E-state index is -0.132. The third-order valence-electron chi connectivity index (χ3n) is 17.0. The summed E-state index contributed by atoms with van der Waals surface area (Å²) in [6.07, 6.45) is 17.2. The number of fused-ring (bicyclic) bond motifs is 10. The number of rotatable bonds is 10. The van der Waals surface area contributed by atoms with Crippen molar-refractivity contribution in [2.24, 2.45) is 34.5 Å². The van der Waals surface area contributed by atoms with Gasteiger partial charge in [-0.1, -0.05) is 60.7 Å². The SMILES string of the molecule is C[C@]12CC[C@@H]3c4ccc(OCc5cn(Cc6ccccc6Cn6cc(COc7ccc8c(c7)CC[C@@H]7[C@@H]8CC[C@]8(C)[C@@H](O)CC[C@@H]78)nn6)nn5)cc4CC[C@H]3[C@@H]1CC[C@@H]2O. The van der Waals surface area contributed by atoms with Gasteiger partial charge in [-0.3, -0.25) is 0 Å². The molecule has 10 nitrogen and oxygen atoms in total. The van der Waals surface area contributed by atoms with Crippen LogP contribution in [0.2, 0.25) is 0 Å². The predicted octanol–water partition coefficient (Wildman–Crippen LogP) is 8.56. The minimum absolute atomic E-state index is 0.106. The summed E-state index contributed by atoms with van der Waals surface area (Å²) in [6.45, 7) is 6.61. The predicted molar refractivity (Wildman–Crippen MR) is 227 cm³/mol. The molecule has 0 spiro atoms. The first kappa shape index (κ1) is 38.4. The van der Waals surface area contributed by atoms with Gasteiger partial charge in [-0.25, -0.2) is 9.36 Å². The second kappa shape index (κ2) is 15.1. The first-order valence-corrected chi connectivity index (χ1v) is 22.9. The van der Waals surface area contributed by atoms with E-state index in [0.717, 1.165) is 72.5 Å². The Labute approximate surface area is 353 Å². The summed E-state index contributed by atoms with van der Waals surface area (Å²) in [4.78, 5) is 0. The molecule has 0 amide bonds. The van der Waals surface area contributed by atoms with Crippen LogP contribution in [0.1, 0.15) is 135 Å². The van der Waals surface area contributed by atoms with Crippen LogP contribution in [0, 0.1) is 34.5 Å². The molecule has 60 heavy (non-hydrogen) atoms. The molecular formula is C50H60N6O4. The van der Waals surface area contributed by atoms with Gasteiger partial charge in [-0.15, -0.1) is 10.2 Å². The largest absolute Gasteiger partial charge is 0.487 e. The molecule has 11 rings (SSSR count). The molecule has 3 aromatic carbocycles. The fourth-order valence-electron chi connectivity index (χ4n) is 13.7. The molecule has 2 heterocycles. The van der Waals surface area contributed by atoms with Gasteiger partial charge in [0, 0.05) is 0 Å². The molecule has 0 bridgehead atoms. The Morgan fingerprint density at radius 3 is 1.53 bits per heavy atom. The van der Waals surface area contributed by atoms with Crippen molar-refractivity contribution in [3.05, 3.63) is 118 Å². The molecule has 0 saturated heterocycles. The highest BCUT2D eigenvalue weighted by atomic mass is 16.5. The normalized spacial score (nSPS) is 32.6. The molecule has 4 fully saturated rings. The highest BCUT2D eigenvalue weighted by molar-refractivity contribution is 5.42. The van der Waals surface area contributed by atoms with Gasteiger partial charge >= 0.3 is 0 Å². The molecule has 2 N–H and O–H groups in total. The Kier molecular flexibility index (Phi) is 9.67. The summed E-state index contributed by atoms with van der Waals surface area (Å²) < 4.78 is 16.3. The Hall–Kier alpha value is -4.54. The van der Waals surface area contributed by atoms with Crippen LogP contribution >= 0.6 is 0 Å². The van der Waals surface area contributed by atoms with Gasteiger partial charge in [0.25, 0.3) is 0 Å². The fraction of sp³-hybridized carbons (Fsp3) is 0.560. The lowest BCUT2D eigenvalue weighted by Gasteiger charge is -2.50. The molecule has 5 aromatic rings. The van der Waals surface area contributed by atoms with Crippen LogP contribution in [0.25, 0.3) is 0 Å². The number of aliphatic hydroxyl groups excluding tert-OH is 2.